The number of fused-ring (bicyclic) bond motifs is 1. The maximum atomic E-state index is 12.5. The van der Waals surface area contributed by atoms with Gasteiger partial charge in [0, 0.05) is 18.5 Å². The Morgan fingerprint density at radius 1 is 1.23 bits per heavy atom. The molecule has 26 heavy (non-hydrogen) atoms. The molecule has 1 aromatic heterocycles. The van der Waals surface area contributed by atoms with E-state index in [-0.39, 0.29) is 48.0 Å². The molecule has 1 aliphatic carbocycles. The monoisotopic (exact) mass is 416 g/mol. The van der Waals surface area contributed by atoms with Gasteiger partial charge in [-0.1, -0.05) is 11.3 Å². The number of piperidine rings is 1. The van der Waals surface area contributed by atoms with Gasteiger partial charge >= 0.3 is 0 Å². The summed E-state index contributed by atoms with van der Waals surface area (Å²) in [6, 6.07) is 5.67. The fraction of sp³-hybridized carbons (Fsp3) is 0.471. The number of rotatable bonds is 3. The van der Waals surface area contributed by atoms with E-state index in [0.29, 0.717) is 5.13 Å². The predicted molar refractivity (Wildman–Crippen MR) is 110 cm³/mol. The highest BCUT2D eigenvalue weighted by Crippen LogP contribution is 2.58. The molecule has 0 bridgehead atoms. The van der Waals surface area contributed by atoms with Crippen molar-refractivity contribution in [2.24, 2.45) is 11.3 Å². The van der Waals surface area contributed by atoms with Crippen LogP contribution in [0.1, 0.15) is 26.2 Å². The van der Waals surface area contributed by atoms with Crippen molar-refractivity contribution in [2.75, 3.05) is 23.7 Å². The molecule has 9 heteroatoms. The molecule has 142 valence electrons. The summed E-state index contributed by atoms with van der Waals surface area (Å²) in [6.07, 6.45) is 3.20. The Morgan fingerprint density at radius 3 is 2.65 bits per heavy atom. The molecule has 2 aliphatic rings. The lowest BCUT2D eigenvalue weighted by atomic mass is 9.92. The number of nitrogens with zero attached hydrogens (tertiary/aromatic N) is 1. The normalized spacial score (nSPS) is 20.0. The van der Waals surface area contributed by atoms with E-state index < -0.39 is 0 Å². The van der Waals surface area contributed by atoms with Crippen LogP contribution in [-0.2, 0) is 9.59 Å². The highest BCUT2D eigenvalue weighted by Gasteiger charge is 2.57. The number of anilines is 2. The minimum atomic E-state index is -0.136. The van der Waals surface area contributed by atoms with Gasteiger partial charge in [-0.25, -0.2) is 4.98 Å². The summed E-state index contributed by atoms with van der Waals surface area (Å²) in [7, 11) is 0. The fourth-order valence-electron chi connectivity index (χ4n) is 3.63. The summed E-state index contributed by atoms with van der Waals surface area (Å²) < 4.78 is 0.948. The number of amides is 2. The molecule has 2 heterocycles. The third-order valence-electron chi connectivity index (χ3n) is 5.04. The lowest BCUT2D eigenvalue weighted by Gasteiger charge is -2.23. The Labute approximate surface area is 168 Å². The van der Waals surface area contributed by atoms with Crippen LogP contribution in [0, 0.1) is 11.3 Å². The van der Waals surface area contributed by atoms with E-state index in [1.807, 2.05) is 18.2 Å². The van der Waals surface area contributed by atoms with Crippen molar-refractivity contribution in [3.05, 3.63) is 18.2 Å². The standard InChI is InChI=1S/C17H20N4O2S.2ClH/c1-10(22)19-16-21-13-3-2-11(8-14(13)24-16)20-15(23)12-9-17(12)4-6-18-7-5-17;;/h2-3,8,12,18H,4-7,9H2,1H3,(H,20,23)(H,19,21,22);2*1H. The molecule has 1 aromatic carbocycles. The first-order valence-corrected chi connectivity index (χ1v) is 9.07. The summed E-state index contributed by atoms with van der Waals surface area (Å²) in [6.45, 7) is 3.50. The van der Waals surface area contributed by atoms with Gasteiger partial charge in [-0.15, -0.1) is 24.8 Å². The molecule has 1 unspecified atom stereocenters. The van der Waals surface area contributed by atoms with E-state index in [2.05, 4.69) is 20.9 Å². The summed E-state index contributed by atoms with van der Waals surface area (Å²) in [4.78, 5) is 28.0. The average molecular weight is 417 g/mol. The van der Waals surface area contributed by atoms with Gasteiger partial charge in [-0.3, -0.25) is 9.59 Å². The molecule has 1 saturated carbocycles. The van der Waals surface area contributed by atoms with Crippen LogP contribution in [0.3, 0.4) is 0 Å². The summed E-state index contributed by atoms with van der Waals surface area (Å²) in [5, 5.41) is 9.69. The van der Waals surface area contributed by atoms with Gasteiger partial charge in [0.05, 0.1) is 10.2 Å². The number of hydrogen-bond donors (Lipinski definition) is 3. The second-order valence-electron chi connectivity index (χ2n) is 6.74. The molecule has 1 saturated heterocycles. The van der Waals surface area contributed by atoms with Crippen LogP contribution in [0.5, 0.6) is 0 Å². The first-order chi connectivity index (χ1) is 11.6. The number of halogens is 2. The third-order valence-corrected chi connectivity index (χ3v) is 5.98. The van der Waals surface area contributed by atoms with Crippen molar-refractivity contribution in [3.8, 4) is 0 Å². The van der Waals surface area contributed by atoms with Gasteiger partial charge in [-0.2, -0.15) is 0 Å². The van der Waals surface area contributed by atoms with Gasteiger partial charge in [-0.05, 0) is 56.0 Å². The topological polar surface area (TPSA) is 83.1 Å². The van der Waals surface area contributed by atoms with Crippen LogP contribution in [0.15, 0.2) is 18.2 Å². The van der Waals surface area contributed by atoms with Crippen LogP contribution >= 0.6 is 36.2 Å². The zero-order chi connectivity index (χ0) is 16.7. The zero-order valence-electron chi connectivity index (χ0n) is 14.3. The second-order valence-corrected chi connectivity index (χ2v) is 7.77. The van der Waals surface area contributed by atoms with Crippen molar-refractivity contribution in [2.45, 2.75) is 26.2 Å². The molecule has 4 rings (SSSR count). The first-order valence-electron chi connectivity index (χ1n) is 8.26. The Bertz CT molecular complexity index is 820. The summed E-state index contributed by atoms with van der Waals surface area (Å²) in [5.41, 5.74) is 1.85. The van der Waals surface area contributed by atoms with Gasteiger partial charge in [0.1, 0.15) is 0 Å². The van der Waals surface area contributed by atoms with Gasteiger partial charge in [0.25, 0.3) is 0 Å². The minimum absolute atomic E-state index is 0. The molecule has 3 N–H and O–H groups in total. The van der Waals surface area contributed by atoms with Crippen LogP contribution < -0.4 is 16.0 Å². The van der Waals surface area contributed by atoms with E-state index in [0.717, 1.165) is 48.3 Å². The Hall–Kier alpha value is -1.41. The molecule has 1 atom stereocenters. The number of carbonyl (C=O) groups is 2. The maximum absolute atomic E-state index is 12.5. The zero-order valence-corrected chi connectivity index (χ0v) is 16.8. The molecular weight excluding hydrogens is 395 g/mol. The van der Waals surface area contributed by atoms with Crippen LogP contribution in [0.4, 0.5) is 10.8 Å². The minimum Gasteiger partial charge on any atom is -0.326 e. The molecule has 2 fully saturated rings. The molecule has 1 spiro atoms. The van der Waals surface area contributed by atoms with Crippen LogP contribution in [0.25, 0.3) is 10.2 Å². The number of aromatic nitrogens is 1. The van der Waals surface area contributed by atoms with E-state index in [1.54, 1.807) is 0 Å². The summed E-state index contributed by atoms with van der Waals surface area (Å²) in [5.74, 6) is 0.137. The number of nitrogens with one attached hydrogen (secondary N) is 3. The molecule has 2 amide bonds. The molecular formula is C17H22Cl2N4O2S. The number of benzene rings is 1. The van der Waals surface area contributed by atoms with Crippen molar-refractivity contribution in [1.29, 1.82) is 0 Å². The average Bonchev–Trinajstić information content (AvgIpc) is 3.08. The Balaban J connectivity index is 0.00000121. The van der Waals surface area contributed by atoms with Crippen molar-refractivity contribution < 1.29 is 9.59 Å². The second kappa shape index (κ2) is 8.08. The van der Waals surface area contributed by atoms with Crippen molar-refractivity contribution in [3.63, 3.8) is 0 Å². The van der Waals surface area contributed by atoms with E-state index in [1.165, 1.54) is 18.3 Å². The first kappa shape index (κ1) is 20.9. The van der Waals surface area contributed by atoms with Gasteiger partial charge in [0.2, 0.25) is 11.8 Å². The lowest BCUT2D eigenvalue weighted by molar-refractivity contribution is -0.118. The van der Waals surface area contributed by atoms with Crippen LogP contribution in [0.2, 0.25) is 0 Å². The number of carbonyl (C=O) groups excluding carboxylic acids is 2. The highest BCUT2D eigenvalue weighted by molar-refractivity contribution is 7.22. The highest BCUT2D eigenvalue weighted by atomic mass is 35.5. The fourth-order valence-corrected chi connectivity index (χ4v) is 4.58. The van der Waals surface area contributed by atoms with Gasteiger partial charge in [0.15, 0.2) is 5.13 Å². The van der Waals surface area contributed by atoms with Crippen molar-refractivity contribution in [1.82, 2.24) is 10.3 Å². The quantitative estimate of drug-likeness (QED) is 0.715. The molecule has 1 aliphatic heterocycles. The van der Waals surface area contributed by atoms with Gasteiger partial charge < -0.3 is 16.0 Å². The van der Waals surface area contributed by atoms with E-state index in [4.69, 9.17) is 0 Å². The lowest BCUT2D eigenvalue weighted by Crippen LogP contribution is -2.31. The summed E-state index contributed by atoms with van der Waals surface area (Å²) >= 11 is 1.41. The Morgan fingerprint density at radius 2 is 1.96 bits per heavy atom. The number of hydrogen-bond acceptors (Lipinski definition) is 5. The van der Waals surface area contributed by atoms with Crippen LogP contribution in [-0.4, -0.2) is 29.9 Å². The van der Waals surface area contributed by atoms with Crippen molar-refractivity contribution >= 4 is 69.0 Å². The number of thiazole rings is 1. The molecule has 2 aromatic rings. The smallest absolute Gasteiger partial charge is 0.228 e. The van der Waals surface area contributed by atoms with E-state index in [9.17, 15) is 9.59 Å². The maximum Gasteiger partial charge on any atom is 0.228 e. The molecule has 6 nitrogen and oxygen atoms in total. The predicted octanol–water partition coefficient (Wildman–Crippen LogP) is 3.43. The third kappa shape index (κ3) is 4.11. The van der Waals surface area contributed by atoms with E-state index >= 15 is 0 Å². The largest absolute Gasteiger partial charge is 0.326 e. The SMILES string of the molecule is CC(=O)Nc1nc2ccc(NC(=O)C3CC34CCNCC4)cc2s1.Cl.Cl. The molecule has 0 radical (unpaired) electrons. The Kier molecular flexibility index (Phi) is 6.50.